The van der Waals surface area contributed by atoms with E-state index in [1.54, 1.807) is 6.08 Å². The molecular formula is C13H19O2. The molecule has 0 unspecified atom stereocenters. The van der Waals surface area contributed by atoms with E-state index in [4.69, 9.17) is 16.1 Å². The molecule has 1 saturated heterocycles. The Labute approximate surface area is 92.0 Å². The van der Waals surface area contributed by atoms with E-state index in [-0.39, 0.29) is 11.2 Å². The number of allylic oxidation sites excluding steroid dienone is 2. The van der Waals surface area contributed by atoms with Gasteiger partial charge in [-0.15, -0.1) is 0 Å². The highest BCUT2D eigenvalue weighted by atomic mass is 16.7. The number of hydrogen-bond donors (Lipinski definition) is 0. The largest absolute Gasteiger partial charge is 0.347 e. The number of hydrogen-bond acceptors (Lipinski definition) is 2. The highest BCUT2D eigenvalue weighted by molar-refractivity contribution is 5.32. The summed E-state index contributed by atoms with van der Waals surface area (Å²) in [6, 6.07) is 0. The first-order chi connectivity index (χ1) is 6.99. The van der Waals surface area contributed by atoms with Crippen LogP contribution in [-0.4, -0.2) is 19.0 Å². The zero-order valence-corrected chi connectivity index (χ0v) is 9.80. The van der Waals surface area contributed by atoms with Gasteiger partial charge in [-0.25, -0.2) is 0 Å². The fourth-order valence-electron chi connectivity index (χ4n) is 2.98. The maximum Gasteiger partial charge on any atom is 0.173 e. The van der Waals surface area contributed by atoms with Gasteiger partial charge in [-0.1, -0.05) is 32.1 Å². The van der Waals surface area contributed by atoms with Gasteiger partial charge in [-0.2, -0.15) is 0 Å². The summed E-state index contributed by atoms with van der Waals surface area (Å²) >= 11 is 0. The van der Waals surface area contributed by atoms with Gasteiger partial charge < -0.3 is 9.47 Å². The quantitative estimate of drug-likeness (QED) is 0.658. The average Bonchev–Trinajstić information content (AvgIpc) is 2.50. The van der Waals surface area contributed by atoms with Crippen LogP contribution in [0.3, 0.4) is 0 Å². The molecule has 2 heteroatoms. The fraction of sp³-hybridized carbons (Fsp3) is 0.692. The molecule has 1 heterocycles. The summed E-state index contributed by atoms with van der Waals surface area (Å²) in [6.07, 6.45) is 3.47. The minimum atomic E-state index is -0.375. The smallest absolute Gasteiger partial charge is 0.173 e. The molecule has 15 heavy (non-hydrogen) atoms. The number of rotatable bonds is 1. The Hall–Kier alpha value is -0.600. The fourth-order valence-corrected chi connectivity index (χ4v) is 2.98. The SMILES string of the molecule is [CH]=CC1=C(C)CC2(CC1(C)C)OCCO2. The summed E-state index contributed by atoms with van der Waals surface area (Å²) in [5.41, 5.74) is 2.57. The molecule has 1 spiro atoms. The Bertz CT molecular complexity index is 306. The van der Waals surface area contributed by atoms with Crippen molar-refractivity contribution in [1.29, 1.82) is 0 Å². The predicted octanol–water partition coefficient (Wildman–Crippen LogP) is 2.86. The lowest BCUT2D eigenvalue weighted by atomic mass is 9.70. The lowest BCUT2D eigenvalue weighted by Crippen LogP contribution is -2.40. The van der Waals surface area contributed by atoms with Crippen LogP contribution in [0.25, 0.3) is 0 Å². The maximum atomic E-state index is 5.77. The van der Waals surface area contributed by atoms with Crippen LogP contribution < -0.4 is 0 Å². The van der Waals surface area contributed by atoms with E-state index >= 15 is 0 Å². The zero-order chi connectivity index (χ0) is 11.1. The minimum absolute atomic E-state index is 0.0431. The van der Waals surface area contributed by atoms with Gasteiger partial charge in [0.1, 0.15) is 0 Å². The summed E-state index contributed by atoms with van der Waals surface area (Å²) in [5.74, 6) is -0.375. The van der Waals surface area contributed by atoms with E-state index in [0.29, 0.717) is 13.2 Å². The van der Waals surface area contributed by atoms with Crippen molar-refractivity contribution in [3.63, 3.8) is 0 Å². The van der Waals surface area contributed by atoms with E-state index in [1.807, 2.05) is 0 Å². The Morgan fingerprint density at radius 3 is 2.33 bits per heavy atom. The first-order valence-electron chi connectivity index (χ1n) is 5.52. The predicted molar refractivity (Wildman–Crippen MR) is 59.2 cm³/mol. The summed E-state index contributed by atoms with van der Waals surface area (Å²) in [6.45, 7) is 13.6. The first kappa shape index (κ1) is 10.9. The van der Waals surface area contributed by atoms with Crippen molar-refractivity contribution in [3.05, 3.63) is 23.8 Å². The summed E-state index contributed by atoms with van der Waals surface area (Å²) in [5, 5.41) is 0. The molecule has 1 aliphatic heterocycles. The molecule has 2 aliphatic rings. The molecule has 0 atom stereocenters. The van der Waals surface area contributed by atoms with Crippen LogP contribution >= 0.6 is 0 Å². The normalized spacial score (nSPS) is 28.5. The van der Waals surface area contributed by atoms with Gasteiger partial charge >= 0.3 is 0 Å². The molecule has 0 aromatic carbocycles. The van der Waals surface area contributed by atoms with Gasteiger partial charge in [-0.3, -0.25) is 0 Å². The highest BCUT2D eigenvalue weighted by Crippen LogP contribution is 2.48. The van der Waals surface area contributed by atoms with Gasteiger partial charge in [0.25, 0.3) is 0 Å². The molecular weight excluding hydrogens is 188 g/mol. The van der Waals surface area contributed by atoms with Crippen molar-refractivity contribution in [2.24, 2.45) is 5.41 Å². The molecule has 2 rings (SSSR count). The molecule has 0 amide bonds. The zero-order valence-electron chi connectivity index (χ0n) is 9.80. The number of ether oxygens (including phenoxy) is 2. The van der Waals surface area contributed by atoms with Crippen molar-refractivity contribution < 1.29 is 9.47 Å². The summed E-state index contributed by atoms with van der Waals surface area (Å²) in [4.78, 5) is 0. The van der Waals surface area contributed by atoms with E-state index in [1.165, 1.54) is 11.1 Å². The monoisotopic (exact) mass is 207 g/mol. The van der Waals surface area contributed by atoms with E-state index < -0.39 is 0 Å². The van der Waals surface area contributed by atoms with Crippen LogP contribution in [0.4, 0.5) is 0 Å². The van der Waals surface area contributed by atoms with Crippen molar-refractivity contribution in [3.8, 4) is 0 Å². The second-order valence-corrected chi connectivity index (χ2v) is 5.21. The summed E-state index contributed by atoms with van der Waals surface area (Å²) < 4.78 is 11.5. The molecule has 1 fully saturated rings. The van der Waals surface area contributed by atoms with Crippen LogP contribution in [-0.2, 0) is 9.47 Å². The van der Waals surface area contributed by atoms with E-state index in [0.717, 1.165) is 12.8 Å². The molecule has 0 bridgehead atoms. The molecule has 0 saturated carbocycles. The van der Waals surface area contributed by atoms with Gasteiger partial charge in [0.15, 0.2) is 5.79 Å². The van der Waals surface area contributed by atoms with Gasteiger partial charge in [0, 0.05) is 12.8 Å². The molecule has 0 N–H and O–H groups in total. The molecule has 1 radical (unpaired) electrons. The van der Waals surface area contributed by atoms with Crippen LogP contribution in [0.2, 0.25) is 0 Å². The Kier molecular flexibility index (Phi) is 2.52. The van der Waals surface area contributed by atoms with Crippen LogP contribution in [0, 0.1) is 12.0 Å². The standard InChI is InChI=1S/C13H19O2/c1-5-11-10(2)8-13(9-12(11,3)4)14-6-7-15-13/h1,5H,6-9H2,2-4H3. The third-order valence-electron chi connectivity index (χ3n) is 3.41. The minimum Gasteiger partial charge on any atom is -0.347 e. The third kappa shape index (κ3) is 1.77. The van der Waals surface area contributed by atoms with Crippen LogP contribution in [0.5, 0.6) is 0 Å². The second-order valence-electron chi connectivity index (χ2n) is 5.21. The van der Waals surface area contributed by atoms with Crippen LogP contribution in [0.1, 0.15) is 33.6 Å². The molecule has 1 aliphatic carbocycles. The lowest BCUT2D eigenvalue weighted by molar-refractivity contribution is -0.178. The van der Waals surface area contributed by atoms with Crippen molar-refractivity contribution in [2.75, 3.05) is 13.2 Å². The first-order valence-corrected chi connectivity index (χ1v) is 5.52. The van der Waals surface area contributed by atoms with E-state index in [9.17, 15) is 0 Å². The van der Waals surface area contributed by atoms with Crippen molar-refractivity contribution in [1.82, 2.24) is 0 Å². The molecule has 2 nitrogen and oxygen atoms in total. The Morgan fingerprint density at radius 1 is 1.27 bits per heavy atom. The van der Waals surface area contributed by atoms with Crippen molar-refractivity contribution in [2.45, 2.75) is 39.4 Å². The highest BCUT2D eigenvalue weighted by Gasteiger charge is 2.46. The molecule has 83 valence electrons. The topological polar surface area (TPSA) is 18.5 Å². The third-order valence-corrected chi connectivity index (χ3v) is 3.41. The molecule has 0 aromatic heterocycles. The van der Waals surface area contributed by atoms with Crippen molar-refractivity contribution >= 4 is 0 Å². The van der Waals surface area contributed by atoms with Gasteiger partial charge in [0.05, 0.1) is 13.2 Å². The van der Waals surface area contributed by atoms with Crippen LogP contribution in [0.15, 0.2) is 17.2 Å². The van der Waals surface area contributed by atoms with Gasteiger partial charge in [0.2, 0.25) is 0 Å². The van der Waals surface area contributed by atoms with Gasteiger partial charge in [-0.05, 0) is 17.9 Å². The second kappa shape index (κ2) is 3.46. The van der Waals surface area contributed by atoms with E-state index in [2.05, 4.69) is 20.8 Å². The maximum absolute atomic E-state index is 5.77. The average molecular weight is 207 g/mol. The Morgan fingerprint density at radius 2 is 1.87 bits per heavy atom. The lowest BCUT2D eigenvalue weighted by Gasteiger charge is -2.42. The molecule has 0 aromatic rings. The summed E-state index contributed by atoms with van der Waals surface area (Å²) in [7, 11) is 0. The Balaban J connectivity index is 2.35.